The summed E-state index contributed by atoms with van der Waals surface area (Å²) < 4.78 is 10.8. The van der Waals surface area contributed by atoms with E-state index in [-0.39, 0.29) is 0 Å². The number of hydrogen-bond acceptors (Lipinski definition) is 4. The quantitative estimate of drug-likeness (QED) is 0.775. The van der Waals surface area contributed by atoms with E-state index in [9.17, 15) is 0 Å². The lowest BCUT2D eigenvalue weighted by molar-refractivity contribution is 0.184. The Hall–Kier alpha value is -0.870. The van der Waals surface area contributed by atoms with Gasteiger partial charge in [-0.2, -0.15) is 0 Å². The maximum atomic E-state index is 5.49. The number of nitrogens with one attached hydrogen (secondary N) is 1. The second kappa shape index (κ2) is 5.46. The standard InChI is InChI=1S/C12H20N2O2/c1-9-10(2)16-12(14-9)7-13-5-3-11-4-6-15-8-11/h11,13H,3-8H2,1-2H3. The first-order valence-electron chi connectivity index (χ1n) is 5.97. The zero-order valence-electron chi connectivity index (χ0n) is 10.1. The SMILES string of the molecule is Cc1nc(CNCCC2CCOC2)oc1C. The van der Waals surface area contributed by atoms with E-state index >= 15 is 0 Å². The predicted octanol–water partition coefficient (Wildman–Crippen LogP) is 1.81. The topological polar surface area (TPSA) is 47.3 Å². The second-order valence-corrected chi connectivity index (χ2v) is 4.44. The average molecular weight is 224 g/mol. The number of rotatable bonds is 5. The third-order valence-corrected chi connectivity index (χ3v) is 3.10. The van der Waals surface area contributed by atoms with Gasteiger partial charge in [0.2, 0.25) is 5.89 Å². The minimum absolute atomic E-state index is 0.724. The minimum atomic E-state index is 0.724. The van der Waals surface area contributed by atoms with Gasteiger partial charge in [-0.05, 0) is 39.2 Å². The van der Waals surface area contributed by atoms with Crippen molar-refractivity contribution in [3.63, 3.8) is 0 Å². The van der Waals surface area contributed by atoms with Crippen LogP contribution in [0.4, 0.5) is 0 Å². The Kier molecular flexibility index (Phi) is 3.96. The van der Waals surface area contributed by atoms with E-state index in [4.69, 9.17) is 9.15 Å². The Morgan fingerprint density at radius 2 is 2.31 bits per heavy atom. The Morgan fingerprint density at radius 3 is 2.94 bits per heavy atom. The van der Waals surface area contributed by atoms with Gasteiger partial charge in [0.1, 0.15) is 5.76 Å². The first-order chi connectivity index (χ1) is 7.75. The van der Waals surface area contributed by atoms with Crippen LogP contribution < -0.4 is 5.32 Å². The van der Waals surface area contributed by atoms with Crippen LogP contribution in [0.5, 0.6) is 0 Å². The highest BCUT2D eigenvalue weighted by Gasteiger charge is 2.14. The van der Waals surface area contributed by atoms with Crippen molar-refractivity contribution in [2.75, 3.05) is 19.8 Å². The molecule has 1 unspecified atom stereocenters. The molecule has 0 bridgehead atoms. The second-order valence-electron chi connectivity index (χ2n) is 4.44. The van der Waals surface area contributed by atoms with Crippen molar-refractivity contribution in [3.05, 3.63) is 17.3 Å². The maximum absolute atomic E-state index is 5.49. The van der Waals surface area contributed by atoms with Gasteiger partial charge in [-0.3, -0.25) is 0 Å². The van der Waals surface area contributed by atoms with Crippen LogP contribution in [0.3, 0.4) is 0 Å². The summed E-state index contributed by atoms with van der Waals surface area (Å²) in [4.78, 5) is 4.33. The number of ether oxygens (including phenoxy) is 1. The fraction of sp³-hybridized carbons (Fsp3) is 0.750. The molecular weight excluding hydrogens is 204 g/mol. The van der Waals surface area contributed by atoms with Crippen LogP contribution in [0.15, 0.2) is 4.42 Å². The van der Waals surface area contributed by atoms with Crippen LogP contribution in [-0.2, 0) is 11.3 Å². The van der Waals surface area contributed by atoms with Crippen LogP contribution in [-0.4, -0.2) is 24.7 Å². The van der Waals surface area contributed by atoms with E-state index in [1.54, 1.807) is 0 Å². The molecule has 2 rings (SSSR count). The van der Waals surface area contributed by atoms with Crippen molar-refractivity contribution >= 4 is 0 Å². The molecule has 1 aliphatic rings. The molecule has 0 radical (unpaired) electrons. The fourth-order valence-electron chi connectivity index (χ4n) is 1.93. The predicted molar refractivity (Wildman–Crippen MR) is 61.2 cm³/mol. The highest BCUT2D eigenvalue weighted by molar-refractivity contribution is 5.05. The molecular formula is C12H20N2O2. The summed E-state index contributed by atoms with van der Waals surface area (Å²) in [5, 5.41) is 3.36. The summed E-state index contributed by atoms with van der Waals surface area (Å²) >= 11 is 0. The zero-order chi connectivity index (χ0) is 11.4. The lowest BCUT2D eigenvalue weighted by Crippen LogP contribution is -2.18. The molecule has 16 heavy (non-hydrogen) atoms. The lowest BCUT2D eigenvalue weighted by Gasteiger charge is -2.06. The van der Waals surface area contributed by atoms with Crippen molar-refractivity contribution in [2.24, 2.45) is 5.92 Å². The van der Waals surface area contributed by atoms with Gasteiger partial charge < -0.3 is 14.5 Å². The van der Waals surface area contributed by atoms with Crippen LogP contribution in [0.25, 0.3) is 0 Å². The van der Waals surface area contributed by atoms with Gasteiger partial charge in [-0.1, -0.05) is 0 Å². The molecule has 1 atom stereocenters. The van der Waals surface area contributed by atoms with Crippen molar-refractivity contribution in [1.82, 2.24) is 10.3 Å². The average Bonchev–Trinajstić information content (AvgIpc) is 2.85. The van der Waals surface area contributed by atoms with Gasteiger partial charge >= 0.3 is 0 Å². The molecule has 0 aliphatic carbocycles. The molecule has 1 aromatic heterocycles. The van der Waals surface area contributed by atoms with Crippen LogP contribution in [0, 0.1) is 19.8 Å². The highest BCUT2D eigenvalue weighted by atomic mass is 16.5. The van der Waals surface area contributed by atoms with E-state index in [2.05, 4.69) is 10.3 Å². The molecule has 1 aromatic rings. The molecule has 4 nitrogen and oxygen atoms in total. The molecule has 1 fully saturated rings. The zero-order valence-corrected chi connectivity index (χ0v) is 10.1. The summed E-state index contributed by atoms with van der Waals surface area (Å²) in [6.07, 6.45) is 2.39. The van der Waals surface area contributed by atoms with Crippen LogP contribution in [0.1, 0.15) is 30.2 Å². The maximum Gasteiger partial charge on any atom is 0.208 e. The van der Waals surface area contributed by atoms with Crippen molar-refractivity contribution in [3.8, 4) is 0 Å². The van der Waals surface area contributed by atoms with E-state index in [0.29, 0.717) is 0 Å². The van der Waals surface area contributed by atoms with Gasteiger partial charge in [0.25, 0.3) is 0 Å². The van der Waals surface area contributed by atoms with Crippen LogP contribution in [0.2, 0.25) is 0 Å². The number of aromatic nitrogens is 1. The number of oxazole rings is 1. The normalized spacial score (nSPS) is 20.5. The smallest absolute Gasteiger partial charge is 0.208 e. The first kappa shape index (κ1) is 11.6. The van der Waals surface area contributed by atoms with Crippen molar-refractivity contribution in [2.45, 2.75) is 33.2 Å². The Balaban J connectivity index is 1.64. The third kappa shape index (κ3) is 3.06. The largest absolute Gasteiger partial charge is 0.444 e. The van der Waals surface area contributed by atoms with Gasteiger partial charge in [-0.25, -0.2) is 4.98 Å². The molecule has 0 amide bonds. The lowest BCUT2D eigenvalue weighted by atomic mass is 10.1. The van der Waals surface area contributed by atoms with E-state index < -0.39 is 0 Å². The van der Waals surface area contributed by atoms with E-state index in [1.165, 1.54) is 12.8 Å². The van der Waals surface area contributed by atoms with Crippen LogP contribution >= 0.6 is 0 Å². The number of nitrogens with zero attached hydrogens (tertiary/aromatic N) is 1. The van der Waals surface area contributed by atoms with Gasteiger partial charge in [-0.15, -0.1) is 0 Å². The Labute approximate surface area is 96.4 Å². The summed E-state index contributed by atoms with van der Waals surface area (Å²) in [5.41, 5.74) is 0.987. The van der Waals surface area contributed by atoms with Gasteiger partial charge in [0.05, 0.1) is 12.2 Å². The van der Waals surface area contributed by atoms with Crippen molar-refractivity contribution < 1.29 is 9.15 Å². The molecule has 1 aliphatic heterocycles. The monoisotopic (exact) mass is 224 g/mol. The molecule has 1 N–H and O–H groups in total. The molecule has 0 aromatic carbocycles. The Bertz CT molecular complexity index is 310. The summed E-state index contributed by atoms with van der Waals surface area (Å²) in [7, 11) is 0. The summed E-state index contributed by atoms with van der Waals surface area (Å²) in [5.74, 6) is 2.44. The van der Waals surface area contributed by atoms with Gasteiger partial charge in [0.15, 0.2) is 0 Å². The molecule has 90 valence electrons. The van der Waals surface area contributed by atoms with E-state index in [0.717, 1.165) is 49.6 Å². The number of hydrogen-bond donors (Lipinski definition) is 1. The van der Waals surface area contributed by atoms with Crippen molar-refractivity contribution in [1.29, 1.82) is 0 Å². The minimum Gasteiger partial charge on any atom is -0.444 e. The molecule has 2 heterocycles. The summed E-state index contributed by atoms with van der Waals surface area (Å²) in [6, 6.07) is 0. The molecule has 0 saturated carbocycles. The Morgan fingerprint density at radius 1 is 1.44 bits per heavy atom. The molecule has 4 heteroatoms. The highest BCUT2D eigenvalue weighted by Crippen LogP contribution is 2.15. The first-order valence-corrected chi connectivity index (χ1v) is 5.97. The molecule has 0 spiro atoms. The third-order valence-electron chi connectivity index (χ3n) is 3.10. The number of aryl methyl sites for hydroxylation is 2. The van der Waals surface area contributed by atoms with Gasteiger partial charge in [0, 0.05) is 13.2 Å². The fourth-order valence-corrected chi connectivity index (χ4v) is 1.93. The van der Waals surface area contributed by atoms with E-state index in [1.807, 2.05) is 13.8 Å². The molecule has 1 saturated heterocycles. The summed E-state index contributed by atoms with van der Waals surface area (Å²) in [6.45, 7) is 7.51.